The molecular formula is C20H22N2O3S. The summed E-state index contributed by atoms with van der Waals surface area (Å²) in [6.45, 7) is 1.79. The van der Waals surface area contributed by atoms with E-state index >= 15 is 0 Å². The van der Waals surface area contributed by atoms with E-state index in [0.717, 1.165) is 24.0 Å². The Morgan fingerprint density at radius 2 is 1.88 bits per heavy atom. The number of aryl methyl sites for hydroxylation is 1. The number of hydrogen-bond acceptors (Lipinski definition) is 4. The van der Waals surface area contributed by atoms with Crippen LogP contribution in [0, 0.1) is 17.0 Å². The van der Waals surface area contributed by atoms with Gasteiger partial charge in [0, 0.05) is 11.3 Å². The molecule has 6 heteroatoms. The molecule has 1 aliphatic carbocycles. The van der Waals surface area contributed by atoms with Crippen molar-refractivity contribution in [2.45, 2.75) is 43.1 Å². The molecule has 1 N–H and O–H groups in total. The number of anilines is 1. The second kappa shape index (κ2) is 8.36. The number of nitrogens with zero attached hydrogens (tertiary/aromatic N) is 1. The summed E-state index contributed by atoms with van der Waals surface area (Å²) >= 11 is 1.67. The van der Waals surface area contributed by atoms with Crippen LogP contribution in [0.4, 0.5) is 11.4 Å². The minimum Gasteiger partial charge on any atom is -0.319 e. The number of nitro benzene ring substituents is 1. The molecule has 0 unspecified atom stereocenters. The molecule has 1 aliphatic rings. The summed E-state index contributed by atoms with van der Waals surface area (Å²) in [7, 11) is 0. The van der Waals surface area contributed by atoms with Crippen LogP contribution >= 0.6 is 11.8 Å². The molecule has 2 aromatic rings. The summed E-state index contributed by atoms with van der Waals surface area (Å²) in [5.41, 5.74) is 1.89. The Morgan fingerprint density at radius 3 is 2.54 bits per heavy atom. The average molecular weight is 370 g/mol. The van der Waals surface area contributed by atoms with Crippen molar-refractivity contribution in [3.05, 3.63) is 69.8 Å². The van der Waals surface area contributed by atoms with Gasteiger partial charge < -0.3 is 5.32 Å². The van der Waals surface area contributed by atoms with Crippen LogP contribution in [0.25, 0.3) is 0 Å². The third-order valence-electron chi connectivity index (χ3n) is 4.58. The molecule has 26 heavy (non-hydrogen) atoms. The Morgan fingerprint density at radius 1 is 1.19 bits per heavy atom. The highest BCUT2D eigenvalue weighted by molar-refractivity contribution is 8.00. The van der Waals surface area contributed by atoms with E-state index in [1.54, 1.807) is 30.8 Å². The molecular weight excluding hydrogens is 348 g/mol. The molecule has 2 aromatic carbocycles. The van der Waals surface area contributed by atoms with E-state index in [1.807, 2.05) is 30.3 Å². The molecule has 1 atom stereocenters. The molecule has 0 radical (unpaired) electrons. The van der Waals surface area contributed by atoms with Gasteiger partial charge in [-0.3, -0.25) is 14.9 Å². The SMILES string of the molecule is Cc1ccc(NC(=O)[C@H](SC2CCCC2)c2ccccc2)c([N+](=O)[O-])c1. The maximum absolute atomic E-state index is 13.0. The first kappa shape index (κ1) is 18.5. The third-order valence-corrected chi connectivity index (χ3v) is 6.19. The van der Waals surface area contributed by atoms with Gasteiger partial charge in [0.15, 0.2) is 0 Å². The molecule has 1 fully saturated rings. The normalized spacial score (nSPS) is 15.6. The quantitative estimate of drug-likeness (QED) is 0.556. The number of carbonyl (C=O) groups is 1. The summed E-state index contributed by atoms with van der Waals surface area (Å²) in [4.78, 5) is 23.9. The van der Waals surface area contributed by atoms with Crippen molar-refractivity contribution in [1.82, 2.24) is 0 Å². The lowest BCUT2D eigenvalue weighted by Gasteiger charge is -2.20. The number of nitrogens with one attached hydrogen (secondary N) is 1. The number of amides is 1. The first-order valence-electron chi connectivity index (χ1n) is 8.81. The number of benzene rings is 2. The number of hydrogen-bond donors (Lipinski definition) is 1. The Kier molecular flexibility index (Phi) is 5.93. The Balaban J connectivity index is 1.85. The predicted octanol–water partition coefficient (Wildman–Crippen LogP) is 5.26. The lowest BCUT2D eigenvalue weighted by Crippen LogP contribution is -2.21. The minimum atomic E-state index is -0.454. The van der Waals surface area contributed by atoms with Gasteiger partial charge in [0.1, 0.15) is 10.9 Å². The van der Waals surface area contributed by atoms with Crippen LogP contribution in [0.15, 0.2) is 48.5 Å². The molecule has 1 saturated carbocycles. The smallest absolute Gasteiger partial charge is 0.293 e. The van der Waals surface area contributed by atoms with Gasteiger partial charge >= 0.3 is 0 Å². The van der Waals surface area contributed by atoms with Crippen LogP contribution in [-0.2, 0) is 4.79 Å². The summed E-state index contributed by atoms with van der Waals surface area (Å²) in [6.07, 6.45) is 4.63. The predicted molar refractivity (Wildman–Crippen MR) is 105 cm³/mol. The fraction of sp³-hybridized carbons (Fsp3) is 0.350. The zero-order chi connectivity index (χ0) is 18.5. The Labute approximate surface area is 157 Å². The molecule has 5 nitrogen and oxygen atoms in total. The number of rotatable bonds is 6. The highest BCUT2D eigenvalue weighted by Crippen LogP contribution is 2.40. The minimum absolute atomic E-state index is 0.0731. The van der Waals surface area contributed by atoms with Crippen molar-refractivity contribution < 1.29 is 9.72 Å². The number of carbonyl (C=O) groups excluding carboxylic acids is 1. The maximum atomic E-state index is 13.0. The summed E-state index contributed by atoms with van der Waals surface area (Å²) < 4.78 is 0. The van der Waals surface area contributed by atoms with E-state index in [9.17, 15) is 14.9 Å². The zero-order valence-electron chi connectivity index (χ0n) is 14.7. The van der Waals surface area contributed by atoms with Gasteiger partial charge in [-0.25, -0.2) is 0 Å². The first-order valence-corrected chi connectivity index (χ1v) is 9.75. The molecule has 0 saturated heterocycles. The zero-order valence-corrected chi connectivity index (χ0v) is 15.5. The number of thioether (sulfide) groups is 1. The van der Waals surface area contributed by atoms with E-state index in [0.29, 0.717) is 5.25 Å². The highest BCUT2D eigenvalue weighted by atomic mass is 32.2. The van der Waals surface area contributed by atoms with Crippen LogP contribution in [0.1, 0.15) is 42.1 Å². The van der Waals surface area contributed by atoms with E-state index in [-0.39, 0.29) is 22.5 Å². The van der Waals surface area contributed by atoms with E-state index < -0.39 is 4.92 Å². The van der Waals surface area contributed by atoms with Crippen molar-refractivity contribution >= 4 is 29.0 Å². The van der Waals surface area contributed by atoms with Gasteiger partial charge in [-0.15, -0.1) is 11.8 Å². The largest absolute Gasteiger partial charge is 0.319 e. The van der Waals surface area contributed by atoms with Gasteiger partial charge in [-0.2, -0.15) is 0 Å². The standard InChI is InChI=1S/C20H22N2O3S/c1-14-11-12-17(18(13-14)22(24)25)21-20(23)19(15-7-3-2-4-8-15)26-16-9-5-6-10-16/h2-4,7-8,11-13,16,19H,5-6,9-10H2,1H3,(H,21,23)/t19-/m1/s1. The van der Waals surface area contributed by atoms with Crippen LogP contribution < -0.4 is 5.32 Å². The topological polar surface area (TPSA) is 72.2 Å². The Bertz CT molecular complexity index is 789. The monoisotopic (exact) mass is 370 g/mol. The lowest BCUT2D eigenvalue weighted by atomic mass is 10.1. The van der Waals surface area contributed by atoms with Crippen molar-refractivity contribution in [3.8, 4) is 0 Å². The summed E-state index contributed by atoms with van der Waals surface area (Å²) in [6, 6.07) is 14.5. The molecule has 1 amide bonds. The molecule has 3 rings (SSSR count). The van der Waals surface area contributed by atoms with Gasteiger partial charge in [0.25, 0.3) is 5.69 Å². The summed E-state index contributed by atoms with van der Waals surface area (Å²) in [5.74, 6) is -0.208. The maximum Gasteiger partial charge on any atom is 0.293 e. The second-order valence-corrected chi connectivity index (χ2v) is 8.01. The number of nitro groups is 1. The van der Waals surface area contributed by atoms with Crippen molar-refractivity contribution in [3.63, 3.8) is 0 Å². The fourth-order valence-electron chi connectivity index (χ4n) is 3.23. The molecule has 0 bridgehead atoms. The third kappa shape index (κ3) is 4.43. The summed E-state index contributed by atoms with van der Waals surface area (Å²) in [5, 5.41) is 14.2. The lowest BCUT2D eigenvalue weighted by molar-refractivity contribution is -0.384. The van der Waals surface area contributed by atoms with Crippen molar-refractivity contribution in [2.75, 3.05) is 5.32 Å². The molecule has 0 heterocycles. The van der Waals surface area contributed by atoms with E-state index in [1.165, 1.54) is 18.9 Å². The van der Waals surface area contributed by atoms with E-state index in [4.69, 9.17) is 0 Å². The van der Waals surface area contributed by atoms with Gasteiger partial charge in [0.2, 0.25) is 5.91 Å². The molecule has 0 spiro atoms. The Hall–Kier alpha value is -2.34. The average Bonchev–Trinajstić information content (AvgIpc) is 3.15. The fourth-order valence-corrected chi connectivity index (χ4v) is 4.72. The van der Waals surface area contributed by atoms with Crippen LogP contribution in [0.3, 0.4) is 0 Å². The van der Waals surface area contributed by atoms with Crippen LogP contribution in [-0.4, -0.2) is 16.1 Å². The van der Waals surface area contributed by atoms with Crippen LogP contribution in [0.5, 0.6) is 0 Å². The van der Waals surface area contributed by atoms with Crippen molar-refractivity contribution in [2.24, 2.45) is 0 Å². The van der Waals surface area contributed by atoms with Gasteiger partial charge in [0.05, 0.1) is 4.92 Å². The van der Waals surface area contributed by atoms with Gasteiger partial charge in [-0.05, 0) is 37.0 Å². The molecule has 0 aromatic heterocycles. The van der Waals surface area contributed by atoms with Gasteiger partial charge in [-0.1, -0.05) is 49.2 Å². The van der Waals surface area contributed by atoms with Crippen LogP contribution in [0.2, 0.25) is 0 Å². The second-order valence-electron chi connectivity index (χ2n) is 6.60. The van der Waals surface area contributed by atoms with Crippen molar-refractivity contribution in [1.29, 1.82) is 0 Å². The molecule has 0 aliphatic heterocycles. The molecule has 136 valence electrons. The first-order chi connectivity index (χ1) is 12.5. The highest BCUT2D eigenvalue weighted by Gasteiger charge is 2.28. The van der Waals surface area contributed by atoms with E-state index in [2.05, 4.69) is 5.32 Å².